The van der Waals surface area contributed by atoms with Gasteiger partial charge in [0, 0.05) is 12.1 Å². The van der Waals surface area contributed by atoms with Gasteiger partial charge in [-0.15, -0.1) is 0 Å². The summed E-state index contributed by atoms with van der Waals surface area (Å²) in [4.78, 5) is 2.80. The van der Waals surface area contributed by atoms with Crippen molar-refractivity contribution in [2.24, 2.45) is 11.7 Å². The SMILES string of the molecule is CCN(C1CCSCC1)C1CCCCC1CN. The van der Waals surface area contributed by atoms with Crippen LogP contribution >= 0.6 is 11.8 Å². The third-order valence-electron chi connectivity index (χ3n) is 4.62. The fraction of sp³-hybridized carbons (Fsp3) is 1.00. The van der Waals surface area contributed by atoms with Crippen molar-refractivity contribution in [1.29, 1.82) is 0 Å². The minimum Gasteiger partial charge on any atom is -0.330 e. The molecular formula is C14H28N2S. The Balaban J connectivity index is 1.99. The van der Waals surface area contributed by atoms with E-state index < -0.39 is 0 Å². The fourth-order valence-electron chi connectivity index (χ4n) is 3.68. The summed E-state index contributed by atoms with van der Waals surface area (Å²) in [6.45, 7) is 4.45. The van der Waals surface area contributed by atoms with Crippen molar-refractivity contribution in [2.75, 3.05) is 24.6 Å². The molecule has 2 aliphatic rings. The summed E-state index contributed by atoms with van der Waals surface area (Å²) in [6, 6.07) is 1.63. The lowest BCUT2D eigenvalue weighted by Gasteiger charge is -2.44. The van der Waals surface area contributed by atoms with Gasteiger partial charge in [-0.3, -0.25) is 4.90 Å². The lowest BCUT2D eigenvalue weighted by Crippen LogP contribution is -2.50. The van der Waals surface area contributed by atoms with Gasteiger partial charge in [0.25, 0.3) is 0 Å². The second-order valence-electron chi connectivity index (χ2n) is 5.52. The highest BCUT2D eigenvalue weighted by atomic mass is 32.2. The molecule has 2 unspecified atom stereocenters. The van der Waals surface area contributed by atoms with Crippen molar-refractivity contribution in [1.82, 2.24) is 4.90 Å². The molecule has 2 rings (SSSR count). The lowest BCUT2D eigenvalue weighted by molar-refractivity contribution is 0.0663. The Morgan fingerprint density at radius 3 is 2.47 bits per heavy atom. The summed E-state index contributed by atoms with van der Waals surface area (Å²) in [6.07, 6.45) is 8.35. The average molecular weight is 256 g/mol. The molecule has 0 aromatic carbocycles. The first kappa shape index (κ1) is 13.7. The van der Waals surface area contributed by atoms with Gasteiger partial charge in [-0.05, 0) is 56.2 Å². The second kappa shape index (κ2) is 7.01. The van der Waals surface area contributed by atoms with Crippen molar-refractivity contribution in [3.63, 3.8) is 0 Å². The molecule has 0 spiro atoms. The van der Waals surface area contributed by atoms with E-state index >= 15 is 0 Å². The maximum absolute atomic E-state index is 5.98. The van der Waals surface area contributed by atoms with Gasteiger partial charge in [-0.1, -0.05) is 19.8 Å². The summed E-state index contributed by atoms with van der Waals surface area (Å²) < 4.78 is 0. The Kier molecular flexibility index (Phi) is 5.64. The summed E-state index contributed by atoms with van der Waals surface area (Å²) in [5.74, 6) is 3.49. The Morgan fingerprint density at radius 2 is 1.82 bits per heavy atom. The van der Waals surface area contributed by atoms with Crippen molar-refractivity contribution in [2.45, 2.75) is 57.5 Å². The molecule has 3 heteroatoms. The van der Waals surface area contributed by atoms with E-state index in [4.69, 9.17) is 5.73 Å². The average Bonchev–Trinajstić information content (AvgIpc) is 2.41. The number of hydrogen-bond acceptors (Lipinski definition) is 3. The molecule has 2 atom stereocenters. The quantitative estimate of drug-likeness (QED) is 0.838. The van der Waals surface area contributed by atoms with Crippen LogP contribution < -0.4 is 5.73 Å². The van der Waals surface area contributed by atoms with Gasteiger partial charge >= 0.3 is 0 Å². The highest BCUT2D eigenvalue weighted by Gasteiger charge is 2.32. The van der Waals surface area contributed by atoms with E-state index in [1.807, 2.05) is 0 Å². The predicted molar refractivity (Wildman–Crippen MR) is 77.5 cm³/mol. The third-order valence-corrected chi connectivity index (χ3v) is 5.67. The molecule has 0 aromatic rings. The van der Waals surface area contributed by atoms with Crippen molar-refractivity contribution in [3.8, 4) is 0 Å². The highest BCUT2D eigenvalue weighted by molar-refractivity contribution is 7.99. The van der Waals surface area contributed by atoms with Crippen LogP contribution in [0.15, 0.2) is 0 Å². The zero-order chi connectivity index (χ0) is 12.1. The molecule has 1 saturated carbocycles. The van der Waals surface area contributed by atoms with Crippen molar-refractivity contribution in [3.05, 3.63) is 0 Å². The van der Waals surface area contributed by atoms with Crippen LogP contribution in [0.5, 0.6) is 0 Å². The third kappa shape index (κ3) is 3.39. The second-order valence-corrected chi connectivity index (χ2v) is 6.75. The zero-order valence-electron chi connectivity index (χ0n) is 11.2. The summed E-state index contributed by atoms with van der Waals surface area (Å²) >= 11 is 2.13. The molecule has 100 valence electrons. The van der Waals surface area contributed by atoms with Crippen LogP contribution in [0.25, 0.3) is 0 Å². The normalized spacial score (nSPS) is 31.9. The Morgan fingerprint density at radius 1 is 1.12 bits per heavy atom. The maximum Gasteiger partial charge on any atom is 0.0138 e. The number of hydrogen-bond donors (Lipinski definition) is 1. The van der Waals surface area contributed by atoms with Crippen LogP contribution in [0.3, 0.4) is 0 Å². The number of thioether (sulfide) groups is 1. The molecule has 1 aliphatic carbocycles. The van der Waals surface area contributed by atoms with E-state index in [1.165, 1.54) is 56.6 Å². The van der Waals surface area contributed by atoms with Gasteiger partial charge in [0.1, 0.15) is 0 Å². The Hall–Kier alpha value is 0.270. The van der Waals surface area contributed by atoms with Gasteiger partial charge < -0.3 is 5.73 Å². The van der Waals surface area contributed by atoms with Gasteiger partial charge in [0.15, 0.2) is 0 Å². The van der Waals surface area contributed by atoms with Gasteiger partial charge in [0.2, 0.25) is 0 Å². The van der Waals surface area contributed by atoms with Crippen LogP contribution in [0.4, 0.5) is 0 Å². The van der Waals surface area contributed by atoms with Gasteiger partial charge in [-0.2, -0.15) is 11.8 Å². The van der Waals surface area contributed by atoms with Crippen molar-refractivity contribution >= 4 is 11.8 Å². The molecular weight excluding hydrogens is 228 g/mol. The molecule has 1 aliphatic heterocycles. The largest absolute Gasteiger partial charge is 0.330 e. The Bertz CT molecular complexity index is 216. The number of rotatable bonds is 4. The molecule has 1 heterocycles. The molecule has 0 radical (unpaired) electrons. The van der Waals surface area contributed by atoms with E-state index in [2.05, 4.69) is 23.6 Å². The van der Waals surface area contributed by atoms with E-state index in [9.17, 15) is 0 Å². The van der Waals surface area contributed by atoms with Crippen LogP contribution in [0, 0.1) is 5.92 Å². The number of nitrogens with two attached hydrogens (primary N) is 1. The molecule has 2 N–H and O–H groups in total. The molecule has 2 nitrogen and oxygen atoms in total. The molecule has 0 bridgehead atoms. The van der Waals surface area contributed by atoms with Crippen LogP contribution in [-0.4, -0.2) is 41.6 Å². The first-order valence-electron chi connectivity index (χ1n) is 7.40. The van der Waals surface area contributed by atoms with Crippen LogP contribution in [0.1, 0.15) is 45.4 Å². The predicted octanol–water partition coefficient (Wildman–Crippen LogP) is 2.72. The standard InChI is InChI=1S/C14H28N2S/c1-2-16(13-7-9-17-10-8-13)14-6-4-3-5-12(14)11-15/h12-14H,2-11,15H2,1H3. The van der Waals surface area contributed by atoms with Gasteiger partial charge in [0.05, 0.1) is 0 Å². The minimum atomic E-state index is 0.762. The zero-order valence-corrected chi connectivity index (χ0v) is 12.1. The smallest absolute Gasteiger partial charge is 0.0138 e. The maximum atomic E-state index is 5.98. The van der Waals surface area contributed by atoms with Gasteiger partial charge in [-0.25, -0.2) is 0 Å². The van der Waals surface area contributed by atoms with Crippen LogP contribution in [-0.2, 0) is 0 Å². The molecule has 0 amide bonds. The van der Waals surface area contributed by atoms with E-state index in [0.717, 1.165) is 24.5 Å². The topological polar surface area (TPSA) is 29.3 Å². The first-order valence-corrected chi connectivity index (χ1v) is 8.55. The summed E-state index contributed by atoms with van der Waals surface area (Å²) in [7, 11) is 0. The molecule has 1 saturated heterocycles. The van der Waals surface area contributed by atoms with E-state index in [1.54, 1.807) is 0 Å². The van der Waals surface area contributed by atoms with E-state index in [-0.39, 0.29) is 0 Å². The number of nitrogens with zero attached hydrogens (tertiary/aromatic N) is 1. The molecule has 17 heavy (non-hydrogen) atoms. The van der Waals surface area contributed by atoms with Crippen LogP contribution in [0.2, 0.25) is 0 Å². The molecule has 0 aromatic heterocycles. The lowest BCUT2D eigenvalue weighted by atomic mass is 9.82. The first-order chi connectivity index (χ1) is 8.36. The van der Waals surface area contributed by atoms with E-state index in [0.29, 0.717) is 0 Å². The minimum absolute atomic E-state index is 0.762. The summed E-state index contributed by atoms with van der Waals surface area (Å²) in [5.41, 5.74) is 5.98. The highest BCUT2D eigenvalue weighted by Crippen LogP contribution is 2.32. The Labute approximate surface area is 111 Å². The van der Waals surface area contributed by atoms with Crippen molar-refractivity contribution < 1.29 is 0 Å². The summed E-state index contributed by atoms with van der Waals surface area (Å²) in [5, 5.41) is 0. The fourth-order valence-corrected chi connectivity index (χ4v) is 4.76. The monoisotopic (exact) mass is 256 g/mol. The molecule has 2 fully saturated rings.